The van der Waals surface area contributed by atoms with Crippen LogP contribution < -0.4 is 4.90 Å². The second kappa shape index (κ2) is 5.93. The lowest BCUT2D eigenvalue weighted by atomic mass is 10.1. The number of anilines is 1. The number of Topliss-reactive ketones (excluding diaryl/α,β-unsaturated/α-hetero) is 1. The predicted octanol–water partition coefficient (Wildman–Crippen LogP) is 3.86. The number of hydrogen-bond acceptors (Lipinski definition) is 2. The van der Waals surface area contributed by atoms with Crippen LogP contribution in [-0.2, 0) is 9.59 Å². The van der Waals surface area contributed by atoms with E-state index in [2.05, 4.69) is 0 Å². The molecule has 1 amide bonds. The number of carbonyl (C=O) groups excluding carboxylic acids is 2. The predicted molar refractivity (Wildman–Crippen MR) is 76.9 cm³/mol. The van der Waals surface area contributed by atoms with Crippen molar-refractivity contribution in [2.24, 2.45) is 0 Å². The number of amides is 1. The molecule has 1 aromatic carbocycles. The average Bonchev–Trinajstić information content (AvgIpc) is 2.80. The summed E-state index contributed by atoms with van der Waals surface area (Å²) in [4.78, 5) is 25.6. The highest BCUT2D eigenvalue weighted by Crippen LogP contribution is 2.31. The Bertz CT molecular complexity index is 516. The Balaban J connectivity index is 2.39. The molecule has 102 valence electrons. The Morgan fingerprint density at radius 2 is 2.11 bits per heavy atom. The van der Waals surface area contributed by atoms with Gasteiger partial charge in [0, 0.05) is 18.5 Å². The van der Waals surface area contributed by atoms with Crippen LogP contribution in [-0.4, -0.2) is 17.7 Å². The van der Waals surface area contributed by atoms with Gasteiger partial charge in [0.2, 0.25) is 5.91 Å². The van der Waals surface area contributed by atoms with E-state index in [-0.39, 0.29) is 17.7 Å². The largest absolute Gasteiger partial charge is 0.302 e. The fourth-order valence-corrected chi connectivity index (χ4v) is 2.67. The van der Waals surface area contributed by atoms with E-state index in [9.17, 15) is 9.59 Å². The first-order valence-electron chi connectivity index (χ1n) is 6.34. The molecule has 1 aromatic rings. The van der Waals surface area contributed by atoms with Gasteiger partial charge in [-0.05, 0) is 31.0 Å². The number of halogens is 2. The van der Waals surface area contributed by atoms with E-state index in [1.54, 1.807) is 30.0 Å². The molecule has 1 aliphatic carbocycles. The summed E-state index contributed by atoms with van der Waals surface area (Å²) < 4.78 is 0. The van der Waals surface area contributed by atoms with E-state index in [1.807, 2.05) is 0 Å². The normalized spacial score (nSPS) is 18.7. The second-order valence-corrected chi connectivity index (χ2v) is 5.40. The molecule has 1 aliphatic rings. The fraction of sp³-hybridized carbons (Fsp3) is 0.429. The van der Waals surface area contributed by atoms with E-state index >= 15 is 0 Å². The summed E-state index contributed by atoms with van der Waals surface area (Å²) in [5.41, 5.74) is 0.640. The van der Waals surface area contributed by atoms with Gasteiger partial charge in [-0.3, -0.25) is 9.59 Å². The highest BCUT2D eigenvalue weighted by Gasteiger charge is 2.33. The minimum atomic E-state index is -0.357. The SMILES string of the molecule is CCC(=O)N(c1ccc(Cl)c(Cl)c1)[C@H]1CCCC1=O. The van der Waals surface area contributed by atoms with Gasteiger partial charge < -0.3 is 4.90 Å². The highest BCUT2D eigenvalue weighted by molar-refractivity contribution is 6.42. The van der Waals surface area contributed by atoms with Crippen LogP contribution in [0.1, 0.15) is 32.6 Å². The van der Waals surface area contributed by atoms with Crippen LogP contribution in [0.3, 0.4) is 0 Å². The molecule has 0 N–H and O–H groups in total. The molecular weight excluding hydrogens is 285 g/mol. The molecule has 0 radical (unpaired) electrons. The molecular formula is C14H15Cl2NO2. The third kappa shape index (κ3) is 2.93. The summed E-state index contributed by atoms with van der Waals surface area (Å²) in [6, 6.07) is 4.66. The first kappa shape index (κ1) is 14.4. The van der Waals surface area contributed by atoms with E-state index in [0.29, 0.717) is 35.0 Å². The van der Waals surface area contributed by atoms with Crippen LogP contribution in [0.4, 0.5) is 5.69 Å². The molecule has 5 heteroatoms. The first-order chi connectivity index (χ1) is 9.04. The van der Waals surface area contributed by atoms with Crippen LogP contribution in [0.5, 0.6) is 0 Å². The van der Waals surface area contributed by atoms with Gasteiger partial charge >= 0.3 is 0 Å². The molecule has 2 rings (SSSR count). The number of nitrogens with zero attached hydrogens (tertiary/aromatic N) is 1. The maximum Gasteiger partial charge on any atom is 0.227 e. The number of hydrogen-bond donors (Lipinski definition) is 0. The molecule has 0 heterocycles. The molecule has 1 atom stereocenters. The average molecular weight is 300 g/mol. The van der Waals surface area contributed by atoms with Gasteiger partial charge in [0.05, 0.1) is 16.1 Å². The maximum absolute atomic E-state index is 12.1. The van der Waals surface area contributed by atoms with E-state index in [1.165, 1.54) is 0 Å². The Morgan fingerprint density at radius 1 is 1.37 bits per heavy atom. The number of ketones is 1. The molecule has 0 unspecified atom stereocenters. The van der Waals surface area contributed by atoms with Crippen molar-refractivity contribution in [3.8, 4) is 0 Å². The molecule has 0 aliphatic heterocycles. The van der Waals surface area contributed by atoms with Gasteiger partial charge in [-0.15, -0.1) is 0 Å². The highest BCUT2D eigenvalue weighted by atomic mass is 35.5. The summed E-state index contributed by atoms with van der Waals surface area (Å²) in [6.45, 7) is 1.78. The lowest BCUT2D eigenvalue weighted by Gasteiger charge is -2.28. The van der Waals surface area contributed by atoms with Crippen molar-refractivity contribution in [3.63, 3.8) is 0 Å². The van der Waals surface area contributed by atoms with Gasteiger partial charge in [-0.2, -0.15) is 0 Å². The Labute approximate surface area is 122 Å². The van der Waals surface area contributed by atoms with Crippen LogP contribution in [0.25, 0.3) is 0 Å². The number of carbonyl (C=O) groups is 2. The minimum absolute atomic E-state index is 0.0707. The lowest BCUT2D eigenvalue weighted by Crippen LogP contribution is -2.42. The van der Waals surface area contributed by atoms with Crippen LogP contribution in [0.2, 0.25) is 10.0 Å². The third-order valence-corrected chi connectivity index (χ3v) is 4.08. The second-order valence-electron chi connectivity index (χ2n) is 4.59. The van der Waals surface area contributed by atoms with Crippen LogP contribution in [0.15, 0.2) is 18.2 Å². The molecule has 0 aromatic heterocycles. The summed E-state index contributed by atoms with van der Waals surface area (Å²) in [6.07, 6.45) is 2.44. The van der Waals surface area contributed by atoms with Gasteiger partial charge in [0.1, 0.15) is 0 Å². The molecule has 3 nitrogen and oxygen atoms in total. The molecule has 1 saturated carbocycles. The lowest BCUT2D eigenvalue weighted by molar-refractivity contribution is -0.123. The quantitative estimate of drug-likeness (QED) is 0.850. The Morgan fingerprint density at radius 3 is 2.63 bits per heavy atom. The van der Waals surface area contributed by atoms with Crippen molar-refractivity contribution >= 4 is 40.6 Å². The zero-order valence-corrected chi connectivity index (χ0v) is 12.2. The standard InChI is InChI=1S/C14H15Cl2NO2/c1-2-14(19)17(12-4-3-5-13(12)18)9-6-7-10(15)11(16)8-9/h6-8,12H,2-5H2,1H3/t12-/m0/s1. The topological polar surface area (TPSA) is 37.4 Å². The summed E-state index contributed by atoms with van der Waals surface area (Å²) in [7, 11) is 0. The number of benzene rings is 1. The van der Waals surface area contributed by atoms with E-state index in [4.69, 9.17) is 23.2 Å². The molecule has 0 saturated heterocycles. The van der Waals surface area contributed by atoms with Crippen LogP contribution in [0, 0.1) is 0 Å². The first-order valence-corrected chi connectivity index (χ1v) is 7.10. The third-order valence-electron chi connectivity index (χ3n) is 3.34. The Kier molecular flexibility index (Phi) is 4.48. The zero-order chi connectivity index (χ0) is 14.0. The molecule has 0 spiro atoms. The number of rotatable bonds is 3. The summed E-state index contributed by atoms with van der Waals surface area (Å²) in [5.74, 6) is 0.0477. The maximum atomic E-state index is 12.1. The summed E-state index contributed by atoms with van der Waals surface area (Å²) in [5, 5.41) is 0.825. The van der Waals surface area contributed by atoms with Crippen molar-refractivity contribution in [1.82, 2.24) is 0 Å². The zero-order valence-electron chi connectivity index (χ0n) is 10.7. The van der Waals surface area contributed by atoms with E-state index in [0.717, 1.165) is 6.42 Å². The fourth-order valence-electron chi connectivity index (χ4n) is 2.37. The van der Waals surface area contributed by atoms with Gasteiger partial charge in [-0.1, -0.05) is 30.1 Å². The van der Waals surface area contributed by atoms with Gasteiger partial charge in [-0.25, -0.2) is 0 Å². The molecule has 1 fully saturated rings. The van der Waals surface area contributed by atoms with Crippen molar-refractivity contribution in [1.29, 1.82) is 0 Å². The monoisotopic (exact) mass is 299 g/mol. The van der Waals surface area contributed by atoms with Crippen molar-refractivity contribution < 1.29 is 9.59 Å². The molecule has 19 heavy (non-hydrogen) atoms. The van der Waals surface area contributed by atoms with Gasteiger partial charge in [0.15, 0.2) is 5.78 Å². The summed E-state index contributed by atoms with van der Waals surface area (Å²) >= 11 is 11.9. The minimum Gasteiger partial charge on any atom is -0.302 e. The van der Waals surface area contributed by atoms with Crippen molar-refractivity contribution in [3.05, 3.63) is 28.2 Å². The van der Waals surface area contributed by atoms with Gasteiger partial charge in [0.25, 0.3) is 0 Å². The Hall–Kier alpha value is -1.06. The van der Waals surface area contributed by atoms with Crippen molar-refractivity contribution in [2.45, 2.75) is 38.6 Å². The van der Waals surface area contributed by atoms with Crippen LogP contribution >= 0.6 is 23.2 Å². The van der Waals surface area contributed by atoms with Crippen molar-refractivity contribution in [2.75, 3.05) is 4.90 Å². The molecule has 0 bridgehead atoms. The van der Waals surface area contributed by atoms with E-state index < -0.39 is 0 Å². The smallest absolute Gasteiger partial charge is 0.227 e.